The van der Waals surface area contributed by atoms with Crippen LogP contribution in [0.4, 0.5) is 0 Å². The lowest BCUT2D eigenvalue weighted by atomic mass is 9.84. The van der Waals surface area contributed by atoms with E-state index >= 15 is 0 Å². The Morgan fingerprint density at radius 3 is 3.14 bits per heavy atom. The number of aliphatic hydroxyl groups excluding tert-OH is 1. The third-order valence-corrected chi connectivity index (χ3v) is 5.27. The summed E-state index contributed by atoms with van der Waals surface area (Å²) >= 11 is 0. The molecule has 4 unspecified atom stereocenters. The van der Waals surface area contributed by atoms with Crippen LogP contribution in [0.15, 0.2) is 36.8 Å². The quantitative estimate of drug-likeness (QED) is 0.915. The highest BCUT2D eigenvalue weighted by Gasteiger charge is 2.33. The molecule has 1 saturated heterocycles. The Bertz CT molecular complexity index is 666. The van der Waals surface area contributed by atoms with E-state index < -0.39 is 0 Å². The van der Waals surface area contributed by atoms with Gasteiger partial charge in [-0.15, -0.1) is 0 Å². The summed E-state index contributed by atoms with van der Waals surface area (Å²) in [5, 5.41) is 14.2. The molecule has 4 nitrogen and oxygen atoms in total. The molecule has 0 amide bonds. The largest absolute Gasteiger partial charge is 0.393 e. The number of hydrogen-bond donors (Lipinski definition) is 2. The zero-order valence-corrected chi connectivity index (χ0v) is 12.9. The van der Waals surface area contributed by atoms with Crippen LogP contribution in [0.2, 0.25) is 0 Å². The minimum Gasteiger partial charge on any atom is -0.393 e. The van der Waals surface area contributed by atoms with E-state index in [0.29, 0.717) is 12.0 Å². The third kappa shape index (κ3) is 2.27. The molecule has 4 heteroatoms. The van der Waals surface area contributed by atoms with Crippen LogP contribution in [0.5, 0.6) is 0 Å². The molecule has 0 radical (unpaired) electrons. The number of imidazole rings is 1. The van der Waals surface area contributed by atoms with Gasteiger partial charge in [0.15, 0.2) is 0 Å². The molecule has 4 rings (SSSR count). The van der Waals surface area contributed by atoms with Crippen molar-refractivity contribution in [2.75, 3.05) is 6.54 Å². The molecule has 0 aliphatic carbocycles. The van der Waals surface area contributed by atoms with Crippen LogP contribution in [-0.2, 0) is 0 Å². The molecular weight excluding hydrogens is 274 g/mol. The third-order valence-electron chi connectivity index (χ3n) is 5.27. The molecule has 2 N–H and O–H groups in total. The molecule has 2 aromatic rings. The van der Waals surface area contributed by atoms with Gasteiger partial charge in [0.2, 0.25) is 0 Å². The second-order valence-electron chi connectivity index (χ2n) is 6.73. The van der Waals surface area contributed by atoms with Crippen molar-refractivity contribution in [3.63, 3.8) is 0 Å². The number of aromatic nitrogens is 2. The topological polar surface area (TPSA) is 50.1 Å². The summed E-state index contributed by atoms with van der Waals surface area (Å²) in [5.74, 6) is 0.399. The molecule has 4 atom stereocenters. The van der Waals surface area contributed by atoms with Crippen LogP contribution in [0, 0.1) is 5.92 Å². The van der Waals surface area contributed by atoms with Gasteiger partial charge in [-0.3, -0.25) is 0 Å². The molecule has 2 aliphatic rings. The van der Waals surface area contributed by atoms with Crippen LogP contribution >= 0.6 is 0 Å². The first-order chi connectivity index (χ1) is 10.7. The zero-order chi connectivity index (χ0) is 15.1. The summed E-state index contributed by atoms with van der Waals surface area (Å²) in [7, 11) is 0. The number of fused-ring (bicyclic) bond motifs is 3. The second kappa shape index (κ2) is 5.52. The number of rotatable bonds is 3. The second-order valence-corrected chi connectivity index (χ2v) is 6.73. The number of nitrogens with zero attached hydrogens (tertiary/aromatic N) is 2. The van der Waals surface area contributed by atoms with Gasteiger partial charge in [-0.1, -0.05) is 24.3 Å². The van der Waals surface area contributed by atoms with Crippen molar-refractivity contribution in [1.82, 2.24) is 14.9 Å². The highest BCUT2D eigenvalue weighted by Crippen LogP contribution is 2.42. The van der Waals surface area contributed by atoms with Crippen LogP contribution in [0.25, 0.3) is 11.3 Å². The van der Waals surface area contributed by atoms with E-state index in [0.717, 1.165) is 25.8 Å². The van der Waals surface area contributed by atoms with E-state index in [2.05, 4.69) is 46.1 Å². The lowest BCUT2D eigenvalue weighted by Crippen LogP contribution is -2.40. The van der Waals surface area contributed by atoms with E-state index in [1.807, 2.05) is 12.5 Å². The van der Waals surface area contributed by atoms with Crippen molar-refractivity contribution in [2.24, 2.45) is 5.92 Å². The maximum Gasteiger partial charge on any atom is 0.0956 e. The monoisotopic (exact) mass is 297 g/mol. The molecule has 2 aliphatic heterocycles. The summed E-state index contributed by atoms with van der Waals surface area (Å²) in [6, 6.07) is 9.22. The summed E-state index contributed by atoms with van der Waals surface area (Å²) in [6.07, 6.45) is 6.48. The van der Waals surface area contributed by atoms with Crippen molar-refractivity contribution < 1.29 is 5.11 Å². The number of piperidine rings is 1. The molecule has 1 fully saturated rings. The Labute approximate surface area is 131 Å². The van der Waals surface area contributed by atoms with E-state index in [9.17, 15) is 5.11 Å². The SMILES string of the molecule is CC1CC(C(O)CC2c3ccccc3-c3cncn32)CCN1. The van der Waals surface area contributed by atoms with Gasteiger partial charge in [0, 0.05) is 11.6 Å². The zero-order valence-electron chi connectivity index (χ0n) is 12.9. The van der Waals surface area contributed by atoms with Crippen molar-refractivity contribution in [3.05, 3.63) is 42.4 Å². The normalized spacial score (nSPS) is 28.2. The molecule has 22 heavy (non-hydrogen) atoms. The number of aliphatic hydroxyl groups is 1. The Kier molecular flexibility index (Phi) is 3.51. The summed E-state index contributed by atoms with van der Waals surface area (Å²) in [6.45, 7) is 3.22. The minimum atomic E-state index is -0.254. The molecule has 1 aromatic heterocycles. The average molecular weight is 297 g/mol. The van der Waals surface area contributed by atoms with Gasteiger partial charge in [-0.05, 0) is 44.2 Å². The molecule has 1 aromatic carbocycles. The number of nitrogens with one attached hydrogen (secondary N) is 1. The maximum atomic E-state index is 10.8. The molecule has 0 bridgehead atoms. The van der Waals surface area contributed by atoms with Gasteiger partial charge in [0.1, 0.15) is 0 Å². The first-order valence-corrected chi connectivity index (χ1v) is 8.26. The standard InChI is InChI=1S/C18H23N3O/c1-12-8-13(6-7-20-12)18(22)9-16-14-4-2-3-5-15(14)17-10-19-11-21(16)17/h2-5,10-13,16,18,20,22H,6-9H2,1H3. The van der Waals surface area contributed by atoms with Gasteiger partial charge < -0.3 is 15.0 Å². The maximum absolute atomic E-state index is 10.8. The molecule has 0 saturated carbocycles. The summed E-state index contributed by atoms with van der Waals surface area (Å²) in [4.78, 5) is 4.30. The van der Waals surface area contributed by atoms with Crippen LogP contribution in [0.1, 0.15) is 37.8 Å². The average Bonchev–Trinajstić information content (AvgIpc) is 3.10. The Balaban J connectivity index is 1.58. The van der Waals surface area contributed by atoms with Gasteiger partial charge in [0.25, 0.3) is 0 Å². The predicted octanol–water partition coefficient (Wildman–Crippen LogP) is 2.59. The molecule has 3 heterocycles. The van der Waals surface area contributed by atoms with Crippen molar-refractivity contribution in [1.29, 1.82) is 0 Å². The minimum absolute atomic E-state index is 0.217. The lowest BCUT2D eigenvalue weighted by Gasteiger charge is -2.32. The first-order valence-electron chi connectivity index (χ1n) is 8.26. The fourth-order valence-corrected chi connectivity index (χ4v) is 4.11. The van der Waals surface area contributed by atoms with Crippen LogP contribution < -0.4 is 5.32 Å². The highest BCUT2D eigenvalue weighted by atomic mass is 16.3. The van der Waals surface area contributed by atoms with E-state index in [1.165, 1.54) is 16.8 Å². The number of hydrogen-bond acceptors (Lipinski definition) is 3. The number of benzene rings is 1. The predicted molar refractivity (Wildman–Crippen MR) is 86.6 cm³/mol. The van der Waals surface area contributed by atoms with Crippen molar-refractivity contribution in [3.8, 4) is 11.3 Å². The van der Waals surface area contributed by atoms with Crippen LogP contribution in [0.3, 0.4) is 0 Å². The molecule has 0 spiro atoms. The molecule has 116 valence electrons. The van der Waals surface area contributed by atoms with Gasteiger partial charge >= 0.3 is 0 Å². The first kappa shape index (κ1) is 14.0. The van der Waals surface area contributed by atoms with Gasteiger partial charge in [0.05, 0.1) is 30.4 Å². The van der Waals surface area contributed by atoms with Crippen molar-refractivity contribution >= 4 is 0 Å². The smallest absolute Gasteiger partial charge is 0.0956 e. The van der Waals surface area contributed by atoms with E-state index in [4.69, 9.17) is 0 Å². The highest BCUT2D eigenvalue weighted by molar-refractivity contribution is 5.68. The van der Waals surface area contributed by atoms with Crippen molar-refractivity contribution in [2.45, 2.75) is 44.4 Å². The van der Waals surface area contributed by atoms with Crippen LogP contribution in [-0.4, -0.2) is 33.3 Å². The van der Waals surface area contributed by atoms with E-state index in [1.54, 1.807) is 0 Å². The Hall–Kier alpha value is -1.65. The van der Waals surface area contributed by atoms with Gasteiger partial charge in [-0.25, -0.2) is 4.98 Å². The fourth-order valence-electron chi connectivity index (χ4n) is 4.11. The van der Waals surface area contributed by atoms with E-state index in [-0.39, 0.29) is 12.1 Å². The summed E-state index contributed by atoms with van der Waals surface area (Å²) in [5.41, 5.74) is 3.75. The summed E-state index contributed by atoms with van der Waals surface area (Å²) < 4.78 is 2.22. The Morgan fingerprint density at radius 1 is 1.41 bits per heavy atom. The lowest BCUT2D eigenvalue weighted by molar-refractivity contribution is 0.0643. The fraction of sp³-hybridized carbons (Fsp3) is 0.500. The Morgan fingerprint density at radius 2 is 2.27 bits per heavy atom. The molecular formula is C18H23N3O. The van der Waals surface area contributed by atoms with Gasteiger partial charge in [-0.2, -0.15) is 0 Å².